The normalized spacial score (nSPS) is 12.7. The van der Waals surface area contributed by atoms with Crippen LogP contribution in [0.2, 0.25) is 0 Å². The fourth-order valence-corrected chi connectivity index (χ4v) is 2.76. The lowest BCUT2D eigenvalue weighted by Gasteiger charge is -2.10. The molecule has 0 fully saturated rings. The molecule has 0 aliphatic rings. The van der Waals surface area contributed by atoms with Crippen molar-refractivity contribution in [2.24, 2.45) is 0 Å². The van der Waals surface area contributed by atoms with Gasteiger partial charge in [0.15, 0.2) is 0 Å². The molecule has 0 amide bonds. The smallest absolute Gasteiger partial charge is 0.258 e. The van der Waals surface area contributed by atoms with Gasteiger partial charge < -0.3 is 0 Å². The molecule has 0 heterocycles. The maximum Gasteiger partial charge on any atom is 0.273 e. The Morgan fingerprint density at radius 1 is 1.42 bits per heavy atom. The zero-order valence-corrected chi connectivity index (χ0v) is 11.6. The summed E-state index contributed by atoms with van der Waals surface area (Å²) in [5, 5.41) is 10.9. The van der Waals surface area contributed by atoms with Gasteiger partial charge in [0.2, 0.25) is 10.0 Å². The minimum absolute atomic E-state index is 0.163. The number of aryl methyl sites for hydroxylation is 1. The Balaban J connectivity index is 3.37. The zero-order valence-electron chi connectivity index (χ0n) is 10.8. The molecule has 1 aromatic carbocycles. The highest BCUT2D eigenvalue weighted by Gasteiger charge is 2.22. The van der Waals surface area contributed by atoms with E-state index in [0.29, 0.717) is 11.1 Å². The summed E-state index contributed by atoms with van der Waals surface area (Å²) in [5.41, 5.74) is 0.741. The van der Waals surface area contributed by atoms with E-state index in [1.807, 2.05) is 0 Å². The quantitative estimate of drug-likeness (QED) is 0.515. The van der Waals surface area contributed by atoms with Gasteiger partial charge in [0.1, 0.15) is 0 Å². The number of nitrogens with one attached hydrogen (secondary N) is 1. The molecule has 1 N–H and O–H groups in total. The van der Waals surface area contributed by atoms with E-state index in [-0.39, 0.29) is 10.6 Å². The van der Waals surface area contributed by atoms with Crippen LogP contribution in [0.3, 0.4) is 0 Å². The van der Waals surface area contributed by atoms with Gasteiger partial charge in [-0.1, -0.05) is 5.92 Å². The molecule has 1 aromatic rings. The predicted molar refractivity (Wildman–Crippen MR) is 71.2 cm³/mol. The second-order valence-electron chi connectivity index (χ2n) is 4.15. The largest absolute Gasteiger partial charge is 0.273 e. The van der Waals surface area contributed by atoms with E-state index in [9.17, 15) is 18.5 Å². The van der Waals surface area contributed by atoms with E-state index in [1.165, 1.54) is 13.0 Å². The topological polar surface area (TPSA) is 89.3 Å². The fourth-order valence-electron chi connectivity index (χ4n) is 1.49. The second-order valence-corrected chi connectivity index (χ2v) is 5.87. The van der Waals surface area contributed by atoms with Gasteiger partial charge >= 0.3 is 0 Å². The van der Waals surface area contributed by atoms with E-state index in [1.54, 1.807) is 13.8 Å². The molecule has 6 nitrogen and oxygen atoms in total. The molecule has 0 aromatic heterocycles. The molecular weight excluding hydrogens is 268 g/mol. The van der Waals surface area contributed by atoms with Gasteiger partial charge in [-0.2, -0.15) is 4.72 Å². The Morgan fingerprint density at radius 3 is 2.47 bits per heavy atom. The summed E-state index contributed by atoms with van der Waals surface area (Å²) in [5.74, 6) is 2.23. The molecule has 1 unspecified atom stereocenters. The minimum Gasteiger partial charge on any atom is -0.258 e. The Morgan fingerprint density at radius 2 is 2.00 bits per heavy atom. The van der Waals surface area contributed by atoms with E-state index < -0.39 is 21.0 Å². The van der Waals surface area contributed by atoms with Crippen LogP contribution in [-0.4, -0.2) is 19.4 Å². The van der Waals surface area contributed by atoms with Crippen LogP contribution in [0, 0.1) is 36.3 Å². The van der Waals surface area contributed by atoms with Crippen molar-refractivity contribution in [2.45, 2.75) is 31.7 Å². The fraction of sp³-hybridized carbons (Fsp3) is 0.333. The number of hydrogen-bond acceptors (Lipinski definition) is 4. The summed E-state index contributed by atoms with van der Waals surface area (Å²) in [6, 6.07) is 1.73. The van der Waals surface area contributed by atoms with Gasteiger partial charge in [0.05, 0.1) is 15.9 Å². The van der Waals surface area contributed by atoms with Crippen LogP contribution < -0.4 is 4.72 Å². The average molecular weight is 282 g/mol. The summed E-state index contributed by atoms with van der Waals surface area (Å²) in [4.78, 5) is 10.1. The monoisotopic (exact) mass is 282 g/mol. The lowest BCUT2D eigenvalue weighted by atomic mass is 10.1. The molecule has 0 aliphatic heterocycles. The second kappa shape index (κ2) is 5.38. The molecule has 0 radical (unpaired) electrons. The third-order valence-corrected chi connectivity index (χ3v) is 4.22. The Bertz CT molecular complexity index is 659. The van der Waals surface area contributed by atoms with Crippen LogP contribution in [0.4, 0.5) is 5.69 Å². The van der Waals surface area contributed by atoms with E-state index in [4.69, 9.17) is 6.42 Å². The summed E-state index contributed by atoms with van der Waals surface area (Å²) < 4.78 is 26.3. The Labute approximate surface area is 112 Å². The molecule has 7 heteroatoms. The molecule has 0 saturated carbocycles. The van der Waals surface area contributed by atoms with Crippen molar-refractivity contribution in [3.63, 3.8) is 0 Å². The summed E-state index contributed by atoms with van der Waals surface area (Å²) >= 11 is 0. The number of benzene rings is 1. The maximum atomic E-state index is 12.0. The number of nitrogens with zero attached hydrogens (tertiary/aromatic N) is 1. The third kappa shape index (κ3) is 3.30. The van der Waals surface area contributed by atoms with Crippen molar-refractivity contribution in [3.8, 4) is 12.3 Å². The first-order valence-electron chi connectivity index (χ1n) is 5.43. The molecular formula is C12H14N2O4S. The van der Waals surface area contributed by atoms with Gasteiger partial charge in [-0.05, 0) is 32.4 Å². The van der Waals surface area contributed by atoms with Crippen LogP contribution in [0.5, 0.6) is 0 Å². The SMILES string of the molecule is C#CC(C)NS(=O)(=O)c1cc(C)c(C)c([N+](=O)[O-])c1. The maximum absolute atomic E-state index is 12.0. The van der Waals surface area contributed by atoms with Crippen LogP contribution in [0.25, 0.3) is 0 Å². The van der Waals surface area contributed by atoms with E-state index >= 15 is 0 Å². The van der Waals surface area contributed by atoms with Crippen molar-refractivity contribution < 1.29 is 13.3 Å². The predicted octanol–water partition coefficient (Wildman–Crippen LogP) is 1.51. The molecule has 1 rings (SSSR count). The standard InChI is InChI=1S/C12H14N2O4S/c1-5-9(3)13-19(17,18)11-6-8(2)10(4)12(7-11)14(15)16/h1,6-7,9,13H,2-4H3. The van der Waals surface area contributed by atoms with Gasteiger partial charge in [0.25, 0.3) is 5.69 Å². The lowest BCUT2D eigenvalue weighted by Crippen LogP contribution is -2.31. The zero-order chi connectivity index (χ0) is 14.8. The number of rotatable bonds is 4. The van der Waals surface area contributed by atoms with Crippen molar-refractivity contribution >= 4 is 15.7 Å². The highest BCUT2D eigenvalue weighted by molar-refractivity contribution is 7.89. The van der Waals surface area contributed by atoms with E-state index in [2.05, 4.69) is 10.6 Å². The number of nitro groups is 1. The molecule has 0 spiro atoms. The van der Waals surface area contributed by atoms with Crippen LogP contribution >= 0.6 is 0 Å². The first kappa shape index (κ1) is 15.1. The lowest BCUT2D eigenvalue weighted by molar-refractivity contribution is -0.385. The van der Waals surface area contributed by atoms with Crippen LogP contribution in [-0.2, 0) is 10.0 Å². The molecule has 19 heavy (non-hydrogen) atoms. The Hall–Kier alpha value is -1.91. The molecule has 0 aliphatic carbocycles. The Kier molecular flexibility index (Phi) is 4.29. The van der Waals surface area contributed by atoms with Crippen molar-refractivity contribution in [1.82, 2.24) is 4.72 Å². The third-order valence-electron chi connectivity index (χ3n) is 2.70. The van der Waals surface area contributed by atoms with Gasteiger partial charge in [-0.15, -0.1) is 6.42 Å². The van der Waals surface area contributed by atoms with Crippen molar-refractivity contribution in [2.75, 3.05) is 0 Å². The number of sulfonamides is 1. The minimum atomic E-state index is -3.86. The van der Waals surface area contributed by atoms with Crippen molar-refractivity contribution in [3.05, 3.63) is 33.4 Å². The summed E-state index contributed by atoms with van der Waals surface area (Å²) in [6.07, 6.45) is 5.10. The summed E-state index contributed by atoms with van der Waals surface area (Å²) in [6.45, 7) is 4.69. The van der Waals surface area contributed by atoms with Crippen LogP contribution in [0.15, 0.2) is 17.0 Å². The summed E-state index contributed by atoms with van der Waals surface area (Å²) in [7, 11) is -3.86. The van der Waals surface area contributed by atoms with Gasteiger partial charge in [-0.3, -0.25) is 10.1 Å². The van der Waals surface area contributed by atoms with Crippen molar-refractivity contribution in [1.29, 1.82) is 0 Å². The number of terminal acetylenes is 1. The molecule has 1 atom stereocenters. The molecule has 0 saturated heterocycles. The van der Waals surface area contributed by atoms with E-state index in [0.717, 1.165) is 6.07 Å². The molecule has 0 bridgehead atoms. The van der Waals surface area contributed by atoms with Crippen LogP contribution in [0.1, 0.15) is 18.1 Å². The first-order chi connectivity index (χ1) is 8.69. The van der Waals surface area contributed by atoms with Gasteiger partial charge in [0, 0.05) is 11.6 Å². The highest BCUT2D eigenvalue weighted by atomic mass is 32.2. The molecule has 102 valence electrons. The average Bonchev–Trinajstić information content (AvgIpc) is 2.31. The number of hydrogen-bond donors (Lipinski definition) is 1. The highest BCUT2D eigenvalue weighted by Crippen LogP contribution is 2.25. The van der Waals surface area contributed by atoms with Gasteiger partial charge in [-0.25, -0.2) is 8.42 Å². The number of nitro benzene ring substituents is 1. The first-order valence-corrected chi connectivity index (χ1v) is 6.91.